The third-order valence-electron chi connectivity index (χ3n) is 3.79. The molecule has 6 nitrogen and oxygen atoms in total. The monoisotopic (exact) mass is 356 g/mol. The van der Waals surface area contributed by atoms with E-state index in [0.717, 1.165) is 5.69 Å². The van der Waals surface area contributed by atoms with Crippen LogP contribution in [0.5, 0.6) is 11.5 Å². The zero-order valence-corrected chi connectivity index (χ0v) is 15.5. The summed E-state index contributed by atoms with van der Waals surface area (Å²) in [6.45, 7) is 6.27. The molecule has 0 aliphatic carbocycles. The highest BCUT2D eigenvalue weighted by atomic mass is 16.5. The van der Waals surface area contributed by atoms with E-state index in [2.05, 4.69) is 5.32 Å². The smallest absolute Gasteiger partial charge is 0.255 e. The van der Waals surface area contributed by atoms with Crippen LogP contribution in [0.25, 0.3) is 0 Å². The molecule has 138 valence electrons. The van der Waals surface area contributed by atoms with E-state index in [0.29, 0.717) is 36.0 Å². The van der Waals surface area contributed by atoms with Gasteiger partial charge in [0.05, 0.1) is 13.2 Å². The lowest BCUT2D eigenvalue weighted by atomic mass is 10.1. The lowest BCUT2D eigenvalue weighted by molar-refractivity contribution is -0.116. The van der Waals surface area contributed by atoms with Crippen molar-refractivity contribution >= 4 is 23.2 Å². The van der Waals surface area contributed by atoms with E-state index in [1.165, 1.54) is 11.8 Å². The van der Waals surface area contributed by atoms with Crippen LogP contribution in [0.15, 0.2) is 42.5 Å². The number of carbonyl (C=O) groups is 2. The van der Waals surface area contributed by atoms with Crippen LogP contribution in [0.1, 0.15) is 31.1 Å². The van der Waals surface area contributed by atoms with Crippen molar-refractivity contribution in [3.8, 4) is 11.5 Å². The molecule has 0 fully saturated rings. The molecule has 2 amide bonds. The fraction of sp³-hybridized carbons (Fsp3) is 0.300. The summed E-state index contributed by atoms with van der Waals surface area (Å²) in [6, 6.07) is 12.2. The van der Waals surface area contributed by atoms with Gasteiger partial charge in [-0.25, -0.2) is 0 Å². The van der Waals surface area contributed by atoms with Crippen molar-refractivity contribution in [1.82, 2.24) is 0 Å². The maximum atomic E-state index is 12.5. The van der Waals surface area contributed by atoms with Crippen molar-refractivity contribution in [2.24, 2.45) is 0 Å². The highest BCUT2D eigenvalue weighted by Crippen LogP contribution is 2.29. The Bertz CT molecular complexity index is 772. The standard InChI is InChI=1S/C20H24N2O4/c1-5-25-18-12-7-15(13-19(18)26-6-2)20(24)21-16-8-10-17(11-9-16)22(4)14(3)23/h7-13H,5-6H2,1-4H3,(H,21,24). The molecule has 0 bridgehead atoms. The summed E-state index contributed by atoms with van der Waals surface area (Å²) in [5.41, 5.74) is 1.87. The predicted octanol–water partition coefficient (Wildman–Crippen LogP) is 3.72. The number of hydrogen-bond donors (Lipinski definition) is 1. The molecule has 0 saturated carbocycles. The Morgan fingerprint density at radius 2 is 1.58 bits per heavy atom. The van der Waals surface area contributed by atoms with Crippen molar-refractivity contribution in [2.45, 2.75) is 20.8 Å². The lowest BCUT2D eigenvalue weighted by Crippen LogP contribution is -2.22. The van der Waals surface area contributed by atoms with Crippen LogP contribution in [0.4, 0.5) is 11.4 Å². The first-order chi connectivity index (χ1) is 12.5. The molecule has 0 spiro atoms. The van der Waals surface area contributed by atoms with E-state index in [9.17, 15) is 9.59 Å². The van der Waals surface area contributed by atoms with Crippen molar-refractivity contribution in [2.75, 3.05) is 30.5 Å². The Balaban J connectivity index is 2.14. The first kappa shape index (κ1) is 19.3. The second kappa shape index (κ2) is 8.89. The third-order valence-corrected chi connectivity index (χ3v) is 3.79. The molecule has 0 aromatic heterocycles. The second-order valence-electron chi connectivity index (χ2n) is 5.61. The van der Waals surface area contributed by atoms with Gasteiger partial charge in [-0.1, -0.05) is 0 Å². The minimum atomic E-state index is -0.248. The maximum Gasteiger partial charge on any atom is 0.255 e. The van der Waals surface area contributed by atoms with Crippen molar-refractivity contribution in [3.63, 3.8) is 0 Å². The van der Waals surface area contributed by atoms with Crippen LogP contribution in [0.2, 0.25) is 0 Å². The number of amides is 2. The molecule has 0 unspecified atom stereocenters. The van der Waals surface area contributed by atoms with Gasteiger partial charge in [0.1, 0.15) is 0 Å². The maximum absolute atomic E-state index is 12.5. The van der Waals surface area contributed by atoms with Crippen LogP contribution in [0, 0.1) is 0 Å². The molecule has 0 aliphatic heterocycles. The topological polar surface area (TPSA) is 67.9 Å². The molecule has 0 radical (unpaired) electrons. The number of ether oxygens (including phenoxy) is 2. The van der Waals surface area contributed by atoms with Gasteiger partial charge in [0.15, 0.2) is 11.5 Å². The van der Waals surface area contributed by atoms with E-state index < -0.39 is 0 Å². The molecule has 0 heterocycles. The van der Waals surface area contributed by atoms with E-state index in [1.54, 1.807) is 49.5 Å². The number of rotatable bonds is 7. The normalized spacial score (nSPS) is 10.2. The van der Waals surface area contributed by atoms with Crippen LogP contribution in [0.3, 0.4) is 0 Å². The van der Waals surface area contributed by atoms with Gasteiger partial charge in [-0.15, -0.1) is 0 Å². The van der Waals surface area contributed by atoms with Crippen LogP contribution < -0.4 is 19.7 Å². The van der Waals surface area contributed by atoms with Gasteiger partial charge in [-0.2, -0.15) is 0 Å². The molecule has 0 aliphatic rings. The van der Waals surface area contributed by atoms with Crippen LogP contribution in [-0.4, -0.2) is 32.1 Å². The molecular formula is C20H24N2O4. The molecule has 1 N–H and O–H groups in total. The Morgan fingerprint density at radius 3 is 2.15 bits per heavy atom. The van der Waals surface area contributed by atoms with Crippen molar-refractivity contribution in [1.29, 1.82) is 0 Å². The largest absolute Gasteiger partial charge is 0.490 e. The fourth-order valence-electron chi connectivity index (χ4n) is 2.35. The van der Waals surface area contributed by atoms with E-state index in [4.69, 9.17) is 9.47 Å². The van der Waals surface area contributed by atoms with E-state index >= 15 is 0 Å². The first-order valence-electron chi connectivity index (χ1n) is 8.51. The summed E-state index contributed by atoms with van der Waals surface area (Å²) in [5, 5.41) is 2.84. The minimum Gasteiger partial charge on any atom is -0.490 e. The molecule has 0 saturated heterocycles. The summed E-state index contributed by atoms with van der Waals surface area (Å²) in [7, 11) is 1.70. The Morgan fingerprint density at radius 1 is 0.962 bits per heavy atom. The zero-order chi connectivity index (χ0) is 19.1. The van der Waals surface area contributed by atoms with Gasteiger partial charge in [0, 0.05) is 30.9 Å². The van der Waals surface area contributed by atoms with Crippen LogP contribution >= 0.6 is 0 Å². The highest BCUT2D eigenvalue weighted by molar-refractivity contribution is 6.04. The molecule has 6 heteroatoms. The molecule has 0 atom stereocenters. The quantitative estimate of drug-likeness (QED) is 0.821. The van der Waals surface area contributed by atoms with Crippen molar-refractivity contribution in [3.05, 3.63) is 48.0 Å². The Kier molecular flexibility index (Phi) is 6.60. The highest BCUT2D eigenvalue weighted by Gasteiger charge is 2.12. The zero-order valence-electron chi connectivity index (χ0n) is 15.5. The summed E-state index contributed by atoms with van der Waals surface area (Å²) in [6.07, 6.45) is 0. The average molecular weight is 356 g/mol. The Hall–Kier alpha value is -3.02. The van der Waals surface area contributed by atoms with Gasteiger partial charge in [-0.05, 0) is 56.3 Å². The lowest BCUT2D eigenvalue weighted by Gasteiger charge is -2.15. The second-order valence-corrected chi connectivity index (χ2v) is 5.61. The number of carbonyl (C=O) groups excluding carboxylic acids is 2. The van der Waals surface area contributed by atoms with Crippen molar-refractivity contribution < 1.29 is 19.1 Å². The molecule has 2 rings (SSSR count). The average Bonchev–Trinajstić information content (AvgIpc) is 2.63. The van der Waals surface area contributed by atoms with Gasteiger partial charge >= 0.3 is 0 Å². The van der Waals surface area contributed by atoms with Gasteiger partial charge < -0.3 is 19.7 Å². The third kappa shape index (κ3) is 4.75. The summed E-state index contributed by atoms with van der Waals surface area (Å²) in [5.74, 6) is 0.851. The predicted molar refractivity (Wildman–Crippen MR) is 102 cm³/mol. The van der Waals surface area contributed by atoms with Crippen LogP contribution in [-0.2, 0) is 4.79 Å². The van der Waals surface area contributed by atoms with Gasteiger partial charge in [0.25, 0.3) is 5.91 Å². The number of nitrogens with one attached hydrogen (secondary N) is 1. The molecule has 26 heavy (non-hydrogen) atoms. The fourth-order valence-corrected chi connectivity index (χ4v) is 2.35. The summed E-state index contributed by atoms with van der Waals surface area (Å²) >= 11 is 0. The SMILES string of the molecule is CCOc1ccc(C(=O)Nc2ccc(N(C)C(C)=O)cc2)cc1OCC. The molecular weight excluding hydrogens is 332 g/mol. The van der Waals surface area contributed by atoms with E-state index in [-0.39, 0.29) is 11.8 Å². The number of nitrogens with zero attached hydrogens (tertiary/aromatic N) is 1. The molecule has 2 aromatic rings. The van der Waals surface area contributed by atoms with E-state index in [1.807, 2.05) is 13.8 Å². The first-order valence-corrected chi connectivity index (χ1v) is 8.51. The minimum absolute atomic E-state index is 0.0559. The molecule has 2 aromatic carbocycles. The number of hydrogen-bond acceptors (Lipinski definition) is 4. The van der Waals surface area contributed by atoms with Gasteiger partial charge in [-0.3, -0.25) is 9.59 Å². The number of anilines is 2. The van der Waals surface area contributed by atoms with Gasteiger partial charge in [0.2, 0.25) is 5.91 Å². The Labute approximate surface area is 153 Å². The summed E-state index contributed by atoms with van der Waals surface area (Å²) in [4.78, 5) is 25.4. The summed E-state index contributed by atoms with van der Waals surface area (Å²) < 4.78 is 11.1. The number of benzene rings is 2.